The fourth-order valence-corrected chi connectivity index (χ4v) is 1.83. The van der Waals surface area contributed by atoms with Crippen LogP contribution in [-0.4, -0.2) is 28.5 Å². The third-order valence-corrected chi connectivity index (χ3v) is 3.11. The van der Waals surface area contributed by atoms with E-state index in [-0.39, 0.29) is 30.3 Å². The van der Waals surface area contributed by atoms with Crippen molar-refractivity contribution >= 4 is 17.6 Å². The predicted molar refractivity (Wildman–Crippen MR) is 83.8 cm³/mol. The SMILES string of the molecule is O=C(COc1ccc([N+](=O)[O-])cc1)NCc1ccc(C(=O)O)cc1. The van der Waals surface area contributed by atoms with Crippen molar-refractivity contribution in [2.75, 3.05) is 6.61 Å². The molecule has 0 saturated carbocycles. The van der Waals surface area contributed by atoms with Crippen molar-refractivity contribution in [1.82, 2.24) is 5.32 Å². The number of aromatic carboxylic acids is 1. The number of benzene rings is 2. The molecule has 2 aromatic carbocycles. The van der Waals surface area contributed by atoms with Gasteiger partial charge in [-0.25, -0.2) is 4.79 Å². The van der Waals surface area contributed by atoms with Gasteiger partial charge in [-0.3, -0.25) is 14.9 Å². The van der Waals surface area contributed by atoms with Gasteiger partial charge in [-0.2, -0.15) is 0 Å². The average molecular weight is 330 g/mol. The van der Waals surface area contributed by atoms with E-state index in [0.29, 0.717) is 5.75 Å². The maximum absolute atomic E-state index is 11.7. The Morgan fingerprint density at radius 2 is 1.71 bits per heavy atom. The number of non-ortho nitro benzene ring substituents is 1. The molecule has 1 amide bonds. The van der Waals surface area contributed by atoms with E-state index in [1.165, 1.54) is 36.4 Å². The van der Waals surface area contributed by atoms with E-state index in [1.807, 2.05) is 0 Å². The van der Waals surface area contributed by atoms with Crippen molar-refractivity contribution < 1.29 is 24.4 Å². The van der Waals surface area contributed by atoms with E-state index >= 15 is 0 Å². The van der Waals surface area contributed by atoms with Crippen LogP contribution in [0.1, 0.15) is 15.9 Å². The van der Waals surface area contributed by atoms with Gasteiger partial charge in [0.1, 0.15) is 5.75 Å². The molecular formula is C16H14N2O6. The largest absolute Gasteiger partial charge is 0.484 e. The Hall–Kier alpha value is -3.42. The molecule has 2 aromatic rings. The third kappa shape index (κ3) is 4.80. The lowest BCUT2D eigenvalue weighted by Crippen LogP contribution is -2.28. The minimum Gasteiger partial charge on any atom is -0.484 e. The van der Waals surface area contributed by atoms with Crippen LogP contribution in [0.5, 0.6) is 5.75 Å². The molecule has 0 aliphatic heterocycles. The summed E-state index contributed by atoms with van der Waals surface area (Å²) in [6, 6.07) is 11.5. The summed E-state index contributed by atoms with van der Waals surface area (Å²) >= 11 is 0. The number of hydrogen-bond donors (Lipinski definition) is 2. The molecule has 24 heavy (non-hydrogen) atoms. The number of nitrogens with one attached hydrogen (secondary N) is 1. The van der Waals surface area contributed by atoms with Crippen molar-refractivity contribution in [3.63, 3.8) is 0 Å². The lowest BCUT2D eigenvalue weighted by Gasteiger charge is -2.07. The maximum Gasteiger partial charge on any atom is 0.335 e. The molecule has 2 rings (SSSR count). The minimum absolute atomic E-state index is 0.0587. The monoisotopic (exact) mass is 330 g/mol. The van der Waals surface area contributed by atoms with Gasteiger partial charge >= 0.3 is 5.97 Å². The predicted octanol–water partition coefficient (Wildman–Crippen LogP) is 1.99. The molecule has 0 heterocycles. The van der Waals surface area contributed by atoms with E-state index in [9.17, 15) is 19.7 Å². The first-order valence-electron chi connectivity index (χ1n) is 6.92. The van der Waals surface area contributed by atoms with Crippen LogP contribution in [0.15, 0.2) is 48.5 Å². The van der Waals surface area contributed by atoms with Crippen molar-refractivity contribution in [2.45, 2.75) is 6.54 Å². The lowest BCUT2D eigenvalue weighted by molar-refractivity contribution is -0.384. The Bertz CT molecular complexity index is 677. The number of hydrogen-bond acceptors (Lipinski definition) is 5. The fraction of sp³-hybridized carbons (Fsp3) is 0.125. The summed E-state index contributed by atoms with van der Waals surface area (Å²) in [5.74, 6) is -1.03. The first kappa shape index (κ1) is 16.9. The highest BCUT2D eigenvalue weighted by Crippen LogP contribution is 2.17. The van der Waals surface area contributed by atoms with Gasteiger partial charge in [0.15, 0.2) is 6.61 Å². The highest BCUT2D eigenvalue weighted by molar-refractivity contribution is 5.87. The van der Waals surface area contributed by atoms with Gasteiger partial charge in [-0.1, -0.05) is 12.1 Å². The average Bonchev–Trinajstić information content (AvgIpc) is 2.58. The number of nitrogens with zero attached hydrogens (tertiary/aromatic N) is 1. The number of carboxylic acids is 1. The van der Waals surface area contributed by atoms with Crippen LogP contribution in [0.2, 0.25) is 0 Å². The summed E-state index contributed by atoms with van der Waals surface area (Å²) in [7, 11) is 0. The number of amides is 1. The zero-order valence-electron chi connectivity index (χ0n) is 12.5. The number of carbonyl (C=O) groups excluding carboxylic acids is 1. The maximum atomic E-state index is 11.7. The van der Waals surface area contributed by atoms with E-state index < -0.39 is 10.9 Å². The Morgan fingerprint density at radius 1 is 1.08 bits per heavy atom. The summed E-state index contributed by atoms with van der Waals surface area (Å²) in [5, 5.41) is 21.9. The molecule has 0 radical (unpaired) electrons. The normalized spacial score (nSPS) is 10.0. The van der Waals surface area contributed by atoms with Gasteiger partial charge in [0.05, 0.1) is 10.5 Å². The number of nitro groups is 1. The van der Waals surface area contributed by atoms with Crippen LogP contribution in [0.4, 0.5) is 5.69 Å². The second-order valence-corrected chi connectivity index (χ2v) is 4.82. The summed E-state index contributed by atoms with van der Waals surface area (Å²) in [4.78, 5) is 32.4. The second kappa shape index (κ2) is 7.73. The zero-order valence-corrected chi connectivity index (χ0v) is 12.5. The zero-order chi connectivity index (χ0) is 17.5. The topological polar surface area (TPSA) is 119 Å². The van der Waals surface area contributed by atoms with Crippen LogP contribution in [0.3, 0.4) is 0 Å². The Labute approximate surface area is 136 Å². The molecule has 0 aliphatic carbocycles. The quantitative estimate of drug-likeness (QED) is 0.592. The molecule has 0 bridgehead atoms. The molecule has 0 atom stereocenters. The van der Waals surface area contributed by atoms with Gasteiger partial charge < -0.3 is 15.2 Å². The van der Waals surface area contributed by atoms with Crippen LogP contribution >= 0.6 is 0 Å². The number of ether oxygens (including phenoxy) is 1. The molecular weight excluding hydrogens is 316 g/mol. The van der Waals surface area contributed by atoms with E-state index in [4.69, 9.17) is 9.84 Å². The van der Waals surface area contributed by atoms with E-state index in [2.05, 4.69) is 5.32 Å². The van der Waals surface area contributed by atoms with Crippen molar-refractivity contribution in [2.24, 2.45) is 0 Å². The Kier molecular flexibility index (Phi) is 5.45. The van der Waals surface area contributed by atoms with Crippen molar-refractivity contribution in [1.29, 1.82) is 0 Å². The first-order valence-corrected chi connectivity index (χ1v) is 6.92. The van der Waals surface area contributed by atoms with Gasteiger partial charge in [0.25, 0.3) is 11.6 Å². The summed E-state index contributed by atoms with van der Waals surface area (Å²) in [6.07, 6.45) is 0. The minimum atomic E-state index is -1.01. The van der Waals surface area contributed by atoms with Gasteiger partial charge in [0.2, 0.25) is 0 Å². The Morgan fingerprint density at radius 3 is 2.25 bits per heavy atom. The number of nitro benzene ring substituents is 1. The summed E-state index contributed by atoms with van der Waals surface area (Å²) in [6.45, 7) is 0.00732. The van der Waals surface area contributed by atoms with Gasteiger partial charge in [-0.15, -0.1) is 0 Å². The Balaban J connectivity index is 1.78. The summed E-state index contributed by atoms with van der Waals surface area (Å²) < 4.78 is 5.23. The molecule has 0 unspecified atom stereocenters. The highest BCUT2D eigenvalue weighted by atomic mass is 16.6. The van der Waals surface area contributed by atoms with Gasteiger partial charge in [-0.05, 0) is 29.8 Å². The lowest BCUT2D eigenvalue weighted by atomic mass is 10.1. The fourth-order valence-electron chi connectivity index (χ4n) is 1.83. The van der Waals surface area contributed by atoms with E-state index in [0.717, 1.165) is 5.56 Å². The van der Waals surface area contributed by atoms with Crippen LogP contribution < -0.4 is 10.1 Å². The number of carboxylic acid groups (broad SMARTS) is 1. The number of carbonyl (C=O) groups is 2. The van der Waals surface area contributed by atoms with Crippen LogP contribution in [-0.2, 0) is 11.3 Å². The highest BCUT2D eigenvalue weighted by Gasteiger charge is 2.07. The van der Waals surface area contributed by atoms with E-state index in [1.54, 1.807) is 12.1 Å². The summed E-state index contributed by atoms with van der Waals surface area (Å²) in [5.41, 5.74) is 0.867. The second-order valence-electron chi connectivity index (χ2n) is 4.82. The van der Waals surface area contributed by atoms with Crippen molar-refractivity contribution in [3.8, 4) is 5.75 Å². The smallest absolute Gasteiger partial charge is 0.335 e. The number of rotatable bonds is 7. The van der Waals surface area contributed by atoms with Crippen molar-refractivity contribution in [3.05, 3.63) is 69.8 Å². The molecule has 0 aliphatic rings. The molecule has 0 saturated heterocycles. The standard InChI is InChI=1S/C16H14N2O6/c19-15(10-24-14-7-5-13(6-8-14)18(22)23)17-9-11-1-3-12(4-2-11)16(20)21/h1-8H,9-10H2,(H,17,19)(H,20,21). The molecule has 8 heteroatoms. The molecule has 0 spiro atoms. The molecule has 0 fully saturated rings. The van der Waals surface area contributed by atoms with Crippen LogP contribution in [0.25, 0.3) is 0 Å². The third-order valence-electron chi connectivity index (χ3n) is 3.11. The van der Waals surface area contributed by atoms with Gasteiger partial charge in [0, 0.05) is 18.7 Å². The molecule has 0 aromatic heterocycles. The molecule has 2 N–H and O–H groups in total. The molecule has 124 valence electrons. The first-order chi connectivity index (χ1) is 11.5. The molecule has 8 nitrogen and oxygen atoms in total. The van der Waals surface area contributed by atoms with Crippen LogP contribution in [0, 0.1) is 10.1 Å².